The van der Waals surface area contributed by atoms with Gasteiger partial charge in [0, 0.05) is 10.5 Å². The van der Waals surface area contributed by atoms with Crippen LogP contribution in [0.25, 0.3) is 6.08 Å². The van der Waals surface area contributed by atoms with Crippen LogP contribution in [0.4, 0.5) is 5.69 Å². The van der Waals surface area contributed by atoms with E-state index in [1.54, 1.807) is 19.1 Å². The Balaban J connectivity index is 3.29. The molecule has 0 unspecified atom stereocenters. The minimum absolute atomic E-state index is 0.0226. The summed E-state index contributed by atoms with van der Waals surface area (Å²) < 4.78 is 0.634. The number of aldehydes is 1. The lowest BCUT2D eigenvalue weighted by Crippen LogP contribution is -1.92. The van der Waals surface area contributed by atoms with Gasteiger partial charge in [0.25, 0.3) is 5.69 Å². The lowest BCUT2D eigenvalue weighted by atomic mass is 10.1. The van der Waals surface area contributed by atoms with Crippen LogP contribution in [-0.4, -0.2) is 11.2 Å². The van der Waals surface area contributed by atoms with E-state index in [1.165, 1.54) is 12.1 Å². The zero-order chi connectivity index (χ0) is 11.4. The van der Waals surface area contributed by atoms with Crippen molar-refractivity contribution in [2.75, 3.05) is 0 Å². The molecule has 0 bridgehead atoms. The first-order valence-electron chi connectivity index (χ1n) is 4.12. The number of hydrogen-bond acceptors (Lipinski definition) is 3. The van der Waals surface area contributed by atoms with E-state index >= 15 is 0 Å². The lowest BCUT2D eigenvalue weighted by molar-refractivity contribution is -0.385. The van der Waals surface area contributed by atoms with Crippen LogP contribution in [0.5, 0.6) is 0 Å². The molecule has 78 valence electrons. The van der Waals surface area contributed by atoms with E-state index in [4.69, 9.17) is 0 Å². The van der Waals surface area contributed by atoms with Crippen molar-refractivity contribution in [3.05, 3.63) is 43.9 Å². The normalized spacial score (nSPS) is 11.2. The maximum Gasteiger partial charge on any atom is 0.277 e. The fraction of sp³-hybridized carbons (Fsp3) is 0.100. The van der Waals surface area contributed by atoms with Crippen LogP contribution in [-0.2, 0) is 4.79 Å². The van der Waals surface area contributed by atoms with Gasteiger partial charge in [-0.3, -0.25) is 14.9 Å². The molecule has 0 saturated heterocycles. The first kappa shape index (κ1) is 11.6. The number of carbonyl (C=O) groups excluding carboxylic acids is 1. The molecule has 0 fully saturated rings. The van der Waals surface area contributed by atoms with Crippen LogP contribution in [0.1, 0.15) is 12.5 Å². The summed E-state index contributed by atoms with van der Waals surface area (Å²) in [6, 6.07) is 4.69. The number of allylic oxidation sites excluding steroid dienone is 1. The Bertz CT molecular complexity index is 440. The Morgan fingerprint density at radius 1 is 1.53 bits per heavy atom. The number of benzene rings is 1. The minimum Gasteiger partial charge on any atom is -0.298 e. The lowest BCUT2D eigenvalue weighted by Gasteiger charge is -1.98. The third-order valence-electron chi connectivity index (χ3n) is 1.76. The molecule has 0 N–H and O–H groups in total. The van der Waals surface area contributed by atoms with Gasteiger partial charge in [0.05, 0.1) is 10.5 Å². The van der Waals surface area contributed by atoms with Crippen LogP contribution in [0.15, 0.2) is 28.2 Å². The van der Waals surface area contributed by atoms with E-state index in [1.807, 2.05) is 0 Å². The second-order valence-electron chi connectivity index (χ2n) is 2.97. The van der Waals surface area contributed by atoms with Gasteiger partial charge in [-0.25, -0.2) is 0 Å². The second-order valence-corrected chi connectivity index (χ2v) is 3.88. The highest BCUT2D eigenvalue weighted by molar-refractivity contribution is 9.10. The molecular weight excluding hydrogens is 262 g/mol. The second kappa shape index (κ2) is 4.84. The summed E-state index contributed by atoms with van der Waals surface area (Å²) in [5.74, 6) is 0. The van der Waals surface area contributed by atoms with Crippen molar-refractivity contribution in [3.63, 3.8) is 0 Å². The van der Waals surface area contributed by atoms with Gasteiger partial charge in [-0.15, -0.1) is 0 Å². The van der Waals surface area contributed by atoms with E-state index in [2.05, 4.69) is 15.9 Å². The van der Waals surface area contributed by atoms with E-state index in [0.29, 0.717) is 21.9 Å². The Hall–Kier alpha value is -1.49. The van der Waals surface area contributed by atoms with Gasteiger partial charge >= 0.3 is 0 Å². The van der Waals surface area contributed by atoms with Crippen LogP contribution in [0.2, 0.25) is 0 Å². The molecule has 0 aromatic heterocycles. The van der Waals surface area contributed by atoms with Crippen molar-refractivity contribution in [3.8, 4) is 0 Å². The molecular formula is C10H8BrNO3. The SMILES string of the molecule is C/C(C=O)=C/c1ccc(Br)cc1[N+](=O)[O-]. The summed E-state index contributed by atoms with van der Waals surface area (Å²) in [5.41, 5.74) is 0.846. The monoisotopic (exact) mass is 269 g/mol. The standard InChI is InChI=1S/C10H8BrNO3/c1-7(6-13)4-8-2-3-9(11)5-10(8)12(14)15/h2-6H,1H3/b7-4-. The number of nitro groups is 1. The van der Waals surface area contributed by atoms with Crippen molar-refractivity contribution in [2.24, 2.45) is 0 Å². The molecule has 15 heavy (non-hydrogen) atoms. The Morgan fingerprint density at radius 3 is 2.73 bits per heavy atom. The highest BCUT2D eigenvalue weighted by Gasteiger charge is 2.11. The molecule has 1 aromatic rings. The molecule has 0 amide bonds. The number of halogens is 1. The predicted molar refractivity (Wildman–Crippen MR) is 60.5 cm³/mol. The van der Waals surface area contributed by atoms with Gasteiger partial charge in [0.2, 0.25) is 0 Å². The van der Waals surface area contributed by atoms with E-state index in [-0.39, 0.29) is 5.69 Å². The smallest absolute Gasteiger partial charge is 0.277 e. The van der Waals surface area contributed by atoms with Crippen molar-refractivity contribution in [1.82, 2.24) is 0 Å². The third kappa shape index (κ3) is 2.99. The molecule has 0 aliphatic carbocycles. The number of nitrogens with zero attached hydrogens (tertiary/aromatic N) is 1. The predicted octanol–water partition coefficient (Wildman–Crippen LogP) is 2.96. The van der Waals surface area contributed by atoms with E-state index < -0.39 is 4.92 Å². The number of carbonyl (C=O) groups is 1. The van der Waals surface area contributed by atoms with Gasteiger partial charge < -0.3 is 0 Å². The highest BCUT2D eigenvalue weighted by Crippen LogP contribution is 2.25. The molecule has 4 nitrogen and oxygen atoms in total. The van der Waals surface area contributed by atoms with Gasteiger partial charge in [-0.05, 0) is 30.7 Å². The number of nitro benzene ring substituents is 1. The van der Waals surface area contributed by atoms with E-state index in [0.717, 1.165) is 0 Å². The molecule has 0 atom stereocenters. The topological polar surface area (TPSA) is 60.2 Å². The molecule has 1 aromatic carbocycles. The summed E-state index contributed by atoms with van der Waals surface area (Å²) in [5, 5.41) is 10.7. The quantitative estimate of drug-likeness (QED) is 0.367. The summed E-state index contributed by atoms with van der Waals surface area (Å²) in [6.45, 7) is 1.60. The van der Waals surface area contributed by atoms with E-state index in [9.17, 15) is 14.9 Å². The summed E-state index contributed by atoms with van der Waals surface area (Å²) >= 11 is 3.15. The van der Waals surface area contributed by atoms with Crippen LogP contribution >= 0.6 is 15.9 Å². The fourth-order valence-electron chi connectivity index (χ4n) is 1.08. The average molecular weight is 270 g/mol. The van der Waals surface area contributed by atoms with Crippen LogP contribution in [0, 0.1) is 10.1 Å². The maximum absolute atomic E-state index is 10.7. The van der Waals surface area contributed by atoms with Gasteiger partial charge in [0.15, 0.2) is 0 Å². The largest absolute Gasteiger partial charge is 0.298 e. The van der Waals surface area contributed by atoms with Crippen molar-refractivity contribution in [2.45, 2.75) is 6.92 Å². The van der Waals surface area contributed by atoms with Crippen LogP contribution < -0.4 is 0 Å². The summed E-state index contributed by atoms with van der Waals surface area (Å²) in [7, 11) is 0. The average Bonchev–Trinajstić information content (AvgIpc) is 2.20. The van der Waals surface area contributed by atoms with Gasteiger partial charge in [-0.1, -0.05) is 15.9 Å². The summed E-state index contributed by atoms with van der Waals surface area (Å²) in [6.07, 6.45) is 2.14. The van der Waals surface area contributed by atoms with Gasteiger partial charge in [-0.2, -0.15) is 0 Å². The number of rotatable bonds is 3. The first-order valence-corrected chi connectivity index (χ1v) is 4.91. The fourth-order valence-corrected chi connectivity index (χ4v) is 1.43. The highest BCUT2D eigenvalue weighted by atomic mass is 79.9. The first-order chi connectivity index (χ1) is 7.04. The Kier molecular flexibility index (Phi) is 3.74. The molecule has 0 heterocycles. The zero-order valence-corrected chi connectivity index (χ0v) is 9.52. The molecule has 1 rings (SSSR count). The van der Waals surface area contributed by atoms with Crippen molar-refractivity contribution in [1.29, 1.82) is 0 Å². The molecule has 0 aliphatic rings. The Labute approximate surface area is 94.9 Å². The van der Waals surface area contributed by atoms with Crippen molar-refractivity contribution < 1.29 is 9.72 Å². The molecule has 0 spiro atoms. The summed E-state index contributed by atoms with van der Waals surface area (Å²) in [4.78, 5) is 20.6. The molecule has 0 aliphatic heterocycles. The zero-order valence-electron chi connectivity index (χ0n) is 7.94. The number of hydrogen-bond donors (Lipinski definition) is 0. The van der Waals surface area contributed by atoms with Crippen LogP contribution in [0.3, 0.4) is 0 Å². The van der Waals surface area contributed by atoms with Crippen molar-refractivity contribution >= 4 is 34.0 Å². The molecule has 0 radical (unpaired) electrons. The molecule has 0 saturated carbocycles. The minimum atomic E-state index is -0.478. The maximum atomic E-state index is 10.7. The molecule has 5 heteroatoms. The Morgan fingerprint density at radius 2 is 2.20 bits per heavy atom. The van der Waals surface area contributed by atoms with Gasteiger partial charge in [0.1, 0.15) is 6.29 Å². The third-order valence-corrected chi connectivity index (χ3v) is 2.25.